The summed E-state index contributed by atoms with van der Waals surface area (Å²) in [6.45, 7) is 1.50. The topological polar surface area (TPSA) is 33.7 Å². The average Bonchev–Trinajstić information content (AvgIpc) is 2.69. The standard InChI is InChI=1S/C20H21FN2O2S/c1-24-17-7-8-18(19(13-17)25-2)22-20(26)23-11-9-15(10-12-23)14-3-5-16(21)6-4-14/h3-9,13H,10-12H2,1-2H3,(H,22,26). The van der Waals surface area contributed by atoms with E-state index in [9.17, 15) is 4.39 Å². The van der Waals surface area contributed by atoms with E-state index in [1.165, 1.54) is 17.7 Å². The summed E-state index contributed by atoms with van der Waals surface area (Å²) in [7, 11) is 3.23. The largest absolute Gasteiger partial charge is 0.497 e. The quantitative estimate of drug-likeness (QED) is 0.808. The van der Waals surface area contributed by atoms with Crippen molar-refractivity contribution in [3.8, 4) is 11.5 Å². The Labute approximate surface area is 158 Å². The smallest absolute Gasteiger partial charge is 0.173 e. The number of nitrogens with zero attached hydrogens (tertiary/aromatic N) is 1. The van der Waals surface area contributed by atoms with Gasteiger partial charge >= 0.3 is 0 Å². The first-order chi connectivity index (χ1) is 12.6. The molecule has 1 heterocycles. The molecule has 0 aliphatic carbocycles. The van der Waals surface area contributed by atoms with Crippen LogP contribution in [-0.4, -0.2) is 37.3 Å². The van der Waals surface area contributed by atoms with Crippen molar-refractivity contribution in [2.75, 3.05) is 32.6 Å². The van der Waals surface area contributed by atoms with Crippen LogP contribution in [0.3, 0.4) is 0 Å². The van der Waals surface area contributed by atoms with Crippen molar-refractivity contribution in [3.05, 3.63) is 59.9 Å². The van der Waals surface area contributed by atoms with Crippen LogP contribution < -0.4 is 14.8 Å². The van der Waals surface area contributed by atoms with Crippen LogP contribution in [-0.2, 0) is 0 Å². The van der Waals surface area contributed by atoms with E-state index in [-0.39, 0.29) is 5.82 Å². The number of anilines is 1. The molecule has 0 fully saturated rings. The lowest BCUT2D eigenvalue weighted by molar-refractivity contribution is 0.395. The van der Waals surface area contributed by atoms with Crippen LogP contribution in [0.5, 0.6) is 11.5 Å². The molecule has 2 aromatic carbocycles. The Bertz CT molecular complexity index is 821. The molecule has 26 heavy (non-hydrogen) atoms. The van der Waals surface area contributed by atoms with Crippen LogP contribution in [0.2, 0.25) is 0 Å². The van der Waals surface area contributed by atoms with Gasteiger partial charge in [-0.15, -0.1) is 0 Å². The van der Waals surface area contributed by atoms with Gasteiger partial charge < -0.3 is 19.7 Å². The van der Waals surface area contributed by atoms with Crippen molar-refractivity contribution in [2.45, 2.75) is 6.42 Å². The fraction of sp³-hybridized carbons (Fsp3) is 0.250. The van der Waals surface area contributed by atoms with E-state index >= 15 is 0 Å². The summed E-state index contributed by atoms with van der Waals surface area (Å²) in [6.07, 6.45) is 2.99. The van der Waals surface area contributed by atoms with E-state index in [0.717, 1.165) is 30.0 Å². The second-order valence-electron chi connectivity index (χ2n) is 5.93. The van der Waals surface area contributed by atoms with Gasteiger partial charge in [-0.05, 0) is 54.0 Å². The molecule has 0 amide bonds. The van der Waals surface area contributed by atoms with E-state index in [4.69, 9.17) is 21.7 Å². The minimum atomic E-state index is -0.217. The van der Waals surface area contributed by atoms with Crippen molar-refractivity contribution < 1.29 is 13.9 Å². The zero-order valence-corrected chi connectivity index (χ0v) is 15.6. The Morgan fingerprint density at radius 2 is 1.88 bits per heavy atom. The summed E-state index contributed by atoms with van der Waals surface area (Å²) in [4.78, 5) is 2.09. The van der Waals surface area contributed by atoms with Crippen LogP contribution >= 0.6 is 12.2 Å². The maximum absolute atomic E-state index is 13.1. The van der Waals surface area contributed by atoms with E-state index in [1.807, 2.05) is 30.3 Å². The second kappa shape index (κ2) is 8.19. The van der Waals surface area contributed by atoms with E-state index < -0.39 is 0 Å². The zero-order valence-electron chi connectivity index (χ0n) is 14.8. The lowest BCUT2D eigenvalue weighted by atomic mass is 10.00. The van der Waals surface area contributed by atoms with Gasteiger partial charge in [0.15, 0.2) is 5.11 Å². The monoisotopic (exact) mass is 372 g/mol. The van der Waals surface area contributed by atoms with Crippen LogP contribution in [0.15, 0.2) is 48.5 Å². The van der Waals surface area contributed by atoms with E-state index in [2.05, 4.69) is 16.3 Å². The summed E-state index contributed by atoms with van der Waals surface area (Å²) in [5.41, 5.74) is 3.07. The van der Waals surface area contributed by atoms with Crippen molar-refractivity contribution >= 4 is 28.6 Å². The minimum Gasteiger partial charge on any atom is -0.497 e. The van der Waals surface area contributed by atoms with Gasteiger partial charge in [-0.25, -0.2) is 4.39 Å². The maximum Gasteiger partial charge on any atom is 0.173 e. The van der Waals surface area contributed by atoms with Gasteiger partial charge in [0.1, 0.15) is 17.3 Å². The van der Waals surface area contributed by atoms with Crippen molar-refractivity contribution in [2.24, 2.45) is 0 Å². The lowest BCUT2D eigenvalue weighted by Gasteiger charge is -2.29. The summed E-state index contributed by atoms with van der Waals surface area (Å²) in [5, 5.41) is 3.88. The number of nitrogens with one attached hydrogen (secondary N) is 1. The fourth-order valence-corrected chi connectivity index (χ4v) is 3.15. The van der Waals surface area contributed by atoms with Gasteiger partial charge in [-0.2, -0.15) is 0 Å². The SMILES string of the molecule is COc1ccc(NC(=S)N2CC=C(c3ccc(F)cc3)CC2)c(OC)c1. The molecule has 3 rings (SSSR count). The van der Waals surface area contributed by atoms with Gasteiger partial charge in [0, 0.05) is 19.2 Å². The third-order valence-corrected chi connectivity index (χ3v) is 4.72. The highest BCUT2D eigenvalue weighted by atomic mass is 32.1. The molecule has 1 aliphatic rings. The number of halogens is 1. The van der Waals surface area contributed by atoms with Crippen LogP contribution in [0.1, 0.15) is 12.0 Å². The molecule has 2 aromatic rings. The Morgan fingerprint density at radius 3 is 2.50 bits per heavy atom. The minimum absolute atomic E-state index is 0.217. The Balaban J connectivity index is 1.66. The van der Waals surface area contributed by atoms with Crippen molar-refractivity contribution in [1.82, 2.24) is 4.90 Å². The molecule has 6 heteroatoms. The fourth-order valence-electron chi connectivity index (χ4n) is 2.88. The molecular weight excluding hydrogens is 351 g/mol. The molecule has 0 saturated carbocycles. The van der Waals surface area contributed by atoms with Crippen LogP contribution in [0, 0.1) is 5.82 Å². The Morgan fingerprint density at radius 1 is 1.12 bits per heavy atom. The summed E-state index contributed by atoms with van der Waals surface area (Å²) < 4.78 is 23.7. The van der Waals surface area contributed by atoms with E-state index in [1.54, 1.807) is 14.2 Å². The van der Waals surface area contributed by atoms with Crippen molar-refractivity contribution in [1.29, 1.82) is 0 Å². The molecule has 0 saturated heterocycles. The molecule has 0 radical (unpaired) electrons. The molecule has 0 atom stereocenters. The van der Waals surface area contributed by atoms with Gasteiger partial charge in [0.2, 0.25) is 0 Å². The number of rotatable bonds is 4. The predicted molar refractivity (Wildman–Crippen MR) is 106 cm³/mol. The maximum atomic E-state index is 13.1. The molecule has 136 valence electrons. The Hall–Kier alpha value is -2.60. The summed E-state index contributed by atoms with van der Waals surface area (Å²) in [6, 6.07) is 12.2. The third kappa shape index (κ3) is 4.14. The number of ether oxygens (including phenoxy) is 2. The van der Waals surface area contributed by atoms with Gasteiger partial charge in [0.25, 0.3) is 0 Å². The third-order valence-electron chi connectivity index (χ3n) is 4.36. The van der Waals surface area contributed by atoms with Crippen LogP contribution in [0.4, 0.5) is 10.1 Å². The van der Waals surface area contributed by atoms with E-state index in [0.29, 0.717) is 17.4 Å². The van der Waals surface area contributed by atoms with Gasteiger partial charge in [0.05, 0.1) is 19.9 Å². The zero-order chi connectivity index (χ0) is 18.5. The summed E-state index contributed by atoms with van der Waals surface area (Å²) >= 11 is 5.55. The number of thiocarbonyl (C=S) groups is 1. The lowest BCUT2D eigenvalue weighted by Crippen LogP contribution is -2.37. The van der Waals surface area contributed by atoms with Gasteiger partial charge in [-0.3, -0.25) is 0 Å². The molecular formula is C20H21FN2O2S. The number of hydrogen-bond acceptors (Lipinski definition) is 3. The highest BCUT2D eigenvalue weighted by Gasteiger charge is 2.17. The summed E-state index contributed by atoms with van der Waals surface area (Å²) in [5.74, 6) is 1.18. The molecule has 0 aromatic heterocycles. The molecule has 0 spiro atoms. The van der Waals surface area contributed by atoms with Crippen molar-refractivity contribution in [3.63, 3.8) is 0 Å². The second-order valence-corrected chi connectivity index (χ2v) is 6.32. The first-order valence-corrected chi connectivity index (χ1v) is 8.74. The first-order valence-electron chi connectivity index (χ1n) is 8.33. The first kappa shape index (κ1) is 18.2. The number of hydrogen-bond donors (Lipinski definition) is 1. The normalized spacial score (nSPS) is 13.8. The molecule has 0 bridgehead atoms. The van der Waals surface area contributed by atoms with Crippen LogP contribution in [0.25, 0.3) is 5.57 Å². The number of benzene rings is 2. The molecule has 1 N–H and O–H groups in total. The number of methoxy groups -OCH3 is 2. The Kier molecular flexibility index (Phi) is 5.73. The highest BCUT2D eigenvalue weighted by molar-refractivity contribution is 7.80. The predicted octanol–water partition coefficient (Wildman–Crippen LogP) is 4.33. The van der Waals surface area contributed by atoms with Gasteiger partial charge in [-0.1, -0.05) is 18.2 Å². The molecule has 1 aliphatic heterocycles. The highest BCUT2D eigenvalue weighted by Crippen LogP contribution is 2.30. The molecule has 0 unspecified atom stereocenters. The molecule has 4 nitrogen and oxygen atoms in total. The average molecular weight is 372 g/mol.